The van der Waals surface area contributed by atoms with Crippen molar-refractivity contribution in [2.75, 3.05) is 13.1 Å². The van der Waals surface area contributed by atoms with Gasteiger partial charge in [0.2, 0.25) is 0 Å². The molecular weight excluding hydrogens is 148 g/mol. The Morgan fingerprint density at radius 1 is 1.45 bits per heavy atom. The molecule has 1 atom stereocenters. The zero-order valence-corrected chi connectivity index (χ0v) is 7.03. The van der Waals surface area contributed by atoms with Crippen LogP contribution in [0, 0.1) is 11.8 Å². The van der Waals surface area contributed by atoms with Crippen LogP contribution in [0.3, 0.4) is 0 Å². The first-order valence-corrected chi connectivity index (χ1v) is 4.13. The van der Waals surface area contributed by atoms with Crippen molar-refractivity contribution in [2.24, 2.45) is 11.8 Å². The van der Waals surface area contributed by atoms with Gasteiger partial charge in [-0.2, -0.15) is 0 Å². The first-order valence-electron chi connectivity index (χ1n) is 4.13. The van der Waals surface area contributed by atoms with Gasteiger partial charge in [-0.25, -0.2) is 8.78 Å². The van der Waals surface area contributed by atoms with Crippen LogP contribution in [-0.2, 0) is 0 Å². The Morgan fingerprint density at radius 2 is 2.09 bits per heavy atom. The Kier molecular flexibility index (Phi) is 2.47. The zero-order chi connectivity index (χ0) is 8.48. The molecule has 1 heterocycles. The Hall–Kier alpha value is -0.180. The number of halogens is 2. The Bertz CT molecular complexity index is 128. The summed E-state index contributed by atoms with van der Waals surface area (Å²) in [5, 5.41) is 2.95. The normalized spacial score (nSPS) is 26.5. The summed E-state index contributed by atoms with van der Waals surface area (Å²) in [6, 6.07) is 0. The van der Waals surface area contributed by atoms with Crippen LogP contribution in [0.1, 0.15) is 20.3 Å². The Labute approximate surface area is 66.2 Å². The standard InChI is InChI=1S/C8H15F2N/c1-6(2)8(9,10)7-3-4-11-5-7/h6-7,11H,3-5H2,1-2H3. The highest BCUT2D eigenvalue weighted by Crippen LogP contribution is 2.35. The Balaban J connectivity index is 2.55. The van der Waals surface area contributed by atoms with Gasteiger partial charge in [-0.15, -0.1) is 0 Å². The van der Waals surface area contributed by atoms with Crippen LogP contribution in [0.5, 0.6) is 0 Å². The van der Waals surface area contributed by atoms with Crippen molar-refractivity contribution in [3.8, 4) is 0 Å². The fourth-order valence-corrected chi connectivity index (χ4v) is 1.45. The second kappa shape index (κ2) is 3.05. The molecule has 0 aromatic rings. The van der Waals surface area contributed by atoms with Gasteiger partial charge in [-0.05, 0) is 13.0 Å². The molecule has 3 heteroatoms. The SMILES string of the molecule is CC(C)C(F)(F)C1CCNC1. The number of hydrogen-bond donors (Lipinski definition) is 1. The molecule has 0 bridgehead atoms. The van der Waals surface area contributed by atoms with E-state index in [-0.39, 0.29) is 0 Å². The lowest BCUT2D eigenvalue weighted by Gasteiger charge is -2.25. The molecule has 0 amide bonds. The summed E-state index contributed by atoms with van der Waals surface area (Å²) in [6.07, 6.45) is 0.616. The van der Waals surface area contributed by atoms with Crippen molar-refractivity contribution in [3.05, 3.63) is 0 Å². The van der Waals surface area contributed by atoms with Crippen LogP contribution in [0.4, 0.5) is 8.78 Å². The van der Waals surface area contributed by atoms with Gasteiger partial charge in [-0.3, -0.25) is 0 Å². The van der Waals surface area contributed by atoms with E-state index in [1.165, 1.54) is 0 Å². The van der Waals surface area contributed by atoms with Gasteiger partial charge < -0.3 is 5.32 Å². The highest BCUT2D eigenvalue weighted by atomic mass is 19.3. The van der Waals surface area contributed by atoms with Crippen molar-refractivity contribution in [1.29, 1.82) is 0 Å². The van der Waals surface area contributed by atoms with Crippen LogP contribution in [0.25, 0.3) is 0 Å². The fraction of sp³-hybridized carbons (Fsp3) is 1.00. The van der Waals surface area contributed by atoms with Crippen molar-refractivity contribution in [1.82, 2.24) is 5.32 Å². The van der Waals surface area contributed by atoms with Crippen LogP contribution in [0.2, 0.25) is 0 Å². The van der Waals surface area contributed by atoms with Gasteiger partial charge in [0.1, 0.15) is 0 Å². The van der Waals surface area contributed by atoms with Crippen LogP contribution >= 0.6 is 0 Å². The molecule has 0 spiro atoms. The maximum atomic E-state index is 13.2. The third-order valence-corrected chi connectivity index (χ3v) is 2.37. The highest BCUT2D eigenvalue weighted by Gasteiger charge is 2.43. The van der Waals surface area contributed by atoms with Crippen molar-refractivity contribution >= 4 is 0 Å². The van der Waals surface area contributed by atoms with E-state index in [0.717, 1.165) is 6.54 Å². The van der Waals surface area contributed by atoms with E-state index < -0.39 is 17.8 Å². The molecule has 1 aliphatic heterocycles. The molecule has 1 nitrogen and oxygen atoms in total. The molecule has 0 saturated carbocycles. The molecule has 1 aliphatic rings. The van der Waals surface area contributed by atoms with E-state index in [1.54, 1.807) is 13.8 Å². The first-order chi connectivity index (χ1) is 5.05. The molecule has 1 saturated heterocycles. The monoisotopic (exact) mass is 163 g/mol. The second-order valence-corrected chi connectivity index (χ2v) is 3.52. The van der Waals surface area contributed by atoms with Gasteiger partial charge in [0.05, 0.1) is 0 Å². The molecule has 11 heavy (non-hydrogen) atoms. The number of hydrogen-bond acceptors (Lipinski definition) is 1. The van der Waals surface area contributed by atoms with E-state index in [9.17, 15) is 8.78 Å². The van der Waals surface area contributed by atoms with E-state index in [0.29, 0.717) is 13.0 Å². The molecule has 0 aromatic heterocycles. The van der Waals surface area contributed by atoms with Gasteiger partial charge in [0, 0.05) is 18.4 Å². The number of nitrogens with one attached hydrogen (secondary N) is 1. The highest BCUT2D eigenvalue weighted by molar-refractivity contribution is 4.85. The van der Waals surface area contributed by atoms with Gasteiger partial charge in [0.15, 0.2) is 0 Å². The molecule has 1 rings (SSSR count). The quantitative estimate of drug-likeness (QED) is 0.655. The third-order valence-electron chi connectivity index (χ3n) is 2.37. The predicted octanol–water partition coefficient (Wildman–Crippen LogP) is 1.89. The first kappa shape index (κ1) is 8.91. The minimum absolute atomic E-state index is 0.442. The summed E-state index contributed by atoms with van der Waals surface area (Å²) in [7, 11) is 0. The lowest BCUT2D eigenvalue weighted by Crippen LogP contribution is -2.35. The molecule has 0 radical (unpaired) electrons. The largest absolute Gasteiger partial charge is 0.316 e. The van der Waals surface area contributed by atoms with Crippen LogP contribution in [-0.4, -0.2) is 19.0 Å². The minimum Gasteiger partial charge on any atom is -0.316 e. The van der Waals surface area contributed by atoms with Crippen molar-refractivity contribution in [2.45, 2.75) is 26.2 Å². The molecular formula is C8H15F2N. The molecule has 1 unspecified atom stereocenters. The third kappa shape index (κ3) is 1.70. The van der Waals surface area contributed by atoms with Crippen LogP contribution in [0.15, 0.2) is 0 Å². The van der Waals surface area contributed by atoms with E-state index in [4.69, 9.17) is 0 Å². The summed E-state index contributed by atoms with van der Waals surface area (Å²) in [6.45, 7) is 4.38. The van der Waals surface area contributed by atoms with E-state index in [1.807, 2.05) is 0 Å². The molecule has 1 fully saturated rings. The van der Waals surface area contributed by atoms with Gasteiger partial charge >= 0.3 is 0 Å². The molecule has 66 valence electrons. The second-order valence-electron chi connectivity index (χ2n) is 3.52. The predicted molar refractivity (Wildman–Crippen MR) is 40.8 cm³/mol. The lowest BCUT2D eigenvalue weighted by atomic mass is 9.91. The average molecular weight is 163 g/mol. The smallest absolute Gasteiger partial charge is 0.254 e. The maximum absolute atomic E-state index is 13.2. The number of alkyl halides is 2. The van der Waals surface area contributed by atoms with Crippen molar-refractivity contribution in [3.63, 3.8) is 0 Å². The summed E-state index contributed by atoms with van der Waals surface area (Å²) < 4.78 is 26.4. The molecule has 1 N–H and O–H groups in total. The summed E-state index contributed by atoms with van der Waals surface area (Å²) in [5.74, 6) is -3.46. The summed E-state index contributed by atoms with van der Waals surface area (Å²) >= 11 is 0. The lowest BCUT2D eigenvalue weighted by molar-refractivity contribution is -0.0909. The van der Waals surface area contributed by atoms with E-state index in [2.05, 4.69) is 5.32 Å². The topological polar surface area (TPSA) is 12.0 Å². The minimum atomic E-state index is -2.48. The fourth-order valence-electron chi connectivity index (χ4n) is 1.45. The zero-order valence-electron chi connectivity index (χ0n) is 7.03. The summed E-state index contributed by atoms with van der Waals surface area (Å²) in [4.78, 5) is 0. The van der Waals surface area contributed by atoms with Gasteiger partial charge in [0.25, 0.3) is 5.92 Å². The van der Waals surface area contributed by atoms with Crippen molar-refractivity contribution < 1.29 is 8.78 Å². The molecule has 0 aromatic carbocycles. The summed E-state index contributed by atoms with van der Waals surface area (Å²) in [5.41, 5.74) is 0. The average Bonchev–Trinajstić information content (AvgIpc) is 2.37. The Morgan fingerprint density at radius 3 is 2.45 bits per heavy atom. The van der Waals surface area contributed by atoms with Crippen LogP contribution < -0.4 is 5.32 Å². The number of rotatable bonds is 2. The molecule has 0 aliphatic carbocycles. The van der Waals surface area contributed by atoms with Gasteiger partial charge in [-0.1, -0.05) is 13.8 Å². The van der Waals surface area contributed by atoms with E-state index >= 15 is 0 Å². The maximum Gasteiger partial charge on any atom is 0.254 e.